The second kappa shape index (κ2) is 9.44. The van der Waals surface area contributed by atoms with Gasteiger partial charge in [-0.05, 0) is 33.4 Å². The zero-order valence-electron chi connectivity index (χ0n) is 10.2. The minimum absolute atomic E-state index is 0.628. The molecule has 0 aromatic carbocycles. The van der Waals surface area contributed by atoms with Crippen molar-refractivity contribution in [1.82, 2.24) is 10.2 Å². The number of nitrogens with zero attached hydrogens (tertiary/aromatic N) is 1. The summed E-state index contributed by atoms with van der Waals surface area (Å²) in [5.41, 5.74) is 0. The van der Waals surface area contributed by atoms with Gasteiger partial charge in [-0.2, -0.15) is 0 Å². The smallest absolute Gasteiger partial charge is 0.0477 e. The fourth-order valence-corrected chi connectivity index (χ4v) is 1.57. The molecule has 0 aliphatic carbocycles. The maximum absolute atomic E-state index is 5.10. The number of hydrogen-bond donors (Lipinski definition) is 1. The van der Waals surface area contributed by atoms with Crippen LogP contribution < -0.4 is 5.32 Å². The Labute approximate surface area is 88.8 Å². The third-order valence-corrected chi connectivity index (χ3v) is 2.52. The number of hydrogen-bond acceptors (Lipinski definition) is 3. The van der Waals surface area contributed by atoms with E-state index in [1.165, 1.54) is 13.0 Å². The Morgan fingerprint density at radius 2 is 2.07 bits per heavy atom. The van der Waals surface area contributed by atoms with E-state index in [4.69, 9.17) is 4.74 Å². The lowest BCUT2D eigenvalue weighted by molar-refractivity contribution is 0.138. The second-order valence-electron chi connectivity index (χ2n) is 3.77. The highest BCUT2D eigenvalue weighted by molar-refractivity contribution is 4.67. The fourth-order valence-electron chi connectivity index (χ4n) is 1.57. The standard InChI is InChI=1S/C11H26N2O/c1-5-8-13(9-7-12-3)11(2)6-10-14-4/h11-12H,5-10H2,1-4H3. The summed E-state index contributed by atoms with van der Waals surface area (Å²) < 4.78 is 5.10. The van der Waals surface area contributed by atoms with Crippen LogP contribution in [0.5, 0.6) is 0 Å². The molecule has 1 unspecified atom stereocenters. The predicted octanol–water partition coefficient (Wildman–Crippen LogP) is 1.34. The lowest BCUT2D eigenvalue weighted by Crippen LogP contribution is -2.38. The molecule has 0 aliphatic rings. The highest BCUT2D eigenvalue weighted by Crippen LogP contribution is 2.04. The lowest BCUT2D eigenvalue weighted by Gasteiger charge is -2.28. The number of methoxy groups -OCH3 is 1. The Morgan fingerprint density at radius 3 is 2.57 bits per heavy atom. The van der Waals surface area contributed by atoms with Crippen molar-refractivity contribution in [2.24, 2.45) is 0 Å². The van der Waals surface area contributed by atoms with Crippen molar-refractivity contribution in [2.75, 3.05) is 40.4 Å². The van der Waals surface area contributed by atoms with Gasteiger partial charge in [0, 0.05) is 32.8 Å². The number of ether oxygens (including phenoxy) is 1. The molecule has 0 radical (unpaired) electrons. The molecule has 0 rings (SSSR count). The maximum atomic E-state index is 5.10. The molecular formula is C11H26N2O. The molecule has 86 valence electrons. The minimum Gasteiger partial charge on any atom is -0.385 e. The molecule has 0 amide bonds. The van der Waals surface area contributed by atoms with Gasteiger partial charge >= 0.3 is 0 Å². The van der Waals surface area contributed by atoms with Crippen molar-refractivity contribution in [3.63, 3.8) is 0 Å². The normalized spacial score (nSPS) is 13.5. The molecule has 0 aromatic heterocycles. The average Bonchev–Trinajstić information content (AvgIpc) is 2.20. The Bertz CT molecular complexity index is 120. The highest BCUT2D eigenvalue weighted by Gasteiger charge is 2.11. The van der Waals surface area contributed by atoms with Crippen LogP contribution in [0.15, 0.2) is 0 Å². The first-order chi connectivity index (χ1) is 6.76. The van der Waals surface area contributed by atoms with Gasteiger partial charge in [0.05, 0.1) is 0 Å². The summed E-state index contributed by atoms with van der Waals surface area (Å²) in [5, 5.41) is 3.19. The summed E-state index contributed by atoms with van der Waals surface area (Å²) in [7, 11) is 3.77. The summed E-state index contributed by atoms with van der Waals surface area (Å²) in [4.78, 5) is 2.52. The zero-order valence-corrected chi connectivity index (χ0v) is 10.2. The quantitative estimate of drug-likeness (QED) is 0.611. The fraction of sp³-hybridized carbons (Fsp3) is 1.00. The average molecular weight is 202 g/mol. The summed E-state index contributed by atoms with van der Waals surface area (Å²) >= 11 is 0. The van der Waals surface area contributed by atoms with Gasteiger partial charge in [-0.1, -0.05) is 6.92 Å². The van der Waals surface area contributed by atoms with E-state index < -0.39 is 0 Å². The third-order valence-electron chi connectivity index (χ3n) is 2.52. The van der Waals surface area contributed by atoms with Crippen LogP contribution in [0.1, 0.15) is 26.7 Å². The third kappa shape index (κ3) is 6.35. The van der Waals surface area contributed by atoms with Crippen LogP contribution in [-0.2, 0) is 4.74 Å². The van der Waals surface area contributed by atoms with Gasteiger partial charge < -0.3 is 10.1 Å². The van der Waals surface area contributed by atoms with E-state index in [1.54, 1.807) is 7.11 Å². The van der Waals surface area contributed by atoms with Crippen molar-refractivity contribution < 1.29 is 4.74 Å². The Balaban J connectivity index is 3.77. The molecule has 0 aliphatic heterocycles. The number of nitrogens with one attached hydrogen (secondary N) is 1. The summed E-state index contributed by atoms with van der Waals surface area (Å²) in [6.45, 7) is 8.76. The van der Waals surface area contributed by atoms with Crippen molar-refractivity contribution in [3.8, 4) is 0 Å². The van der Waals surface area contributed by atoms with Gasteiger partial charge in [0.25, 0.3) is 0 Å². The summed E-state index contributed by atoms with van der Waals surface area (Å²) in [5.74, 6) is 0. The van der Waals surface area contributed by atoms with Crippen molar-refractivity contribution in [1.29, 1.82) is 0 Å². The van der Waals surface area contributed by atoms with Crippen LogP contribution in [0.25, 0.3) is 0 Å². The van der Waals surface area contributed by atoms with Crippen molar-refractivity contribution >= 4 is 0 Å². The lowest BCUT2D eigenvalue weighted by atomic mass is 10.2. The molecule has 0 aromatic rings. The predicted molar refractivity (Wildman–Crippen MR) is 61.7 cm³/mol. The van der Waals surface area contributed by atoms with Crippen LogP contribution in [0, 0.1) is 0 Å². The van der Waals surface area contributed by atoms with E-state index in [9.17, 15) is 0 Å². The molecule has 14 heavy (non-hydrogen) atoms. The highest BCUT2D eigenvalue weighted by atomic mass is 16.5. The zero-order chi connectivity index (χ0) is 10.8. The van der Waals surface area contributed by atoms with Gasteiger partial charge in [-0.25, -0.2) is 0 Å². The van der Waals surface area contributed by atoms with E-state index in [0.29, 0.717) is 6.04 Å². The number of rotatable bonds is 9. The van der Waals surface area contributed by atoms with Crippen LogP contribution >= 0.6 is 0 Å². The van der Waals surface area contributed by atoms with Crippen LogP contribution in [0.2, 0.25) is 0 Å². The molecular weight excluding hydrogens is 176 g/mol. The first-order valence-corrected chi connectivity index (χ1v) is 5.63. The van der Waals surface area contributed by atoms with Crippen LogP contribution in [0.3, 0.4) is 0 Å². The summed E-state index contributed by atoms with van der Waals surface area (Å²) in [6.07, 6.45) is 2.35. The van der Waals surface area contributed by atoms with E-state index in [-0.39, 0.29) is 0 Å². The molecule has 1 N–H and O–H groups in total. The first kappa shape index (κ1) is 13.9. The molecule has 0 saturated carbocycles. The van der Waals surface area contributed by atoms with Crippen LogP contribution in [0.4, 0.5) is 0 Å². The van der Waals surface area contributed by atoms with E-state index in [2.05, 4.69) is 24.1 Å². The Morgan fingerprint density at radius 1 is 1.36 bits per heavy atom. The number of likely N-dealkylation sites (N-methyl/N-ethyl adjacent to an activating group) is 1. The Kier molecular flexibility index (Phi) is 9.35. The summed E-state index contributed by atoms with van der Waals surface area (Å²) in [6, 6.07) is 0.628. The van der Waals surface area contributed by atoms with Crippen molar-refractivity contribution in [3.05, 3.63) is 0 Å². The topological polar surface area (TPSA) is 24.5 Å². The monoisotopic (exact) mass is 202 g/mol. The van der Waals surface area contributed by atoms with Crippen molar-refractivity contribution in [2.45, 2.75) is 32.7 Å². The molecule has 3 heteroatoms. The molecule has 0 spiro atoms. The van der Waals surface area contributed by atoms with Gasteiger partial charge in [0.2, 0.25) is 0 Å². The second-order valence-corrected chi connectivity index (χ2v) is 3.77. The van der Waals surface area contributed by atoms with E-state index in [0.717, 1.165) is 26.1 Å². The van der Waals surface area contributed by atoms with E-state index in [1.807, 2.05) is 7.05 Å². The molecule has 0 bridgehead atoms. The largest absolute Gasteiger partial charge is 0.385 e. The molecule has 0 saturated heterocycles. The first-order valence-electron chi connectivity index (χ1n) is 5.63. The van der Waals surface area contributed by atoms with Gasteiger partial charge in [-0.15, -0.1) is 0 Å². The van der Waals surface area contributed by atoms with Crippen LogP contribution in [-0.4, -0.2) is 51.3 Å². The van der Waals surface area contributed by atoms with Gasteiger partial charge in [-0.3, -0.25) is 4.90 Å². The van der Waals surface area contributed by atoms with E-state index >= 15 is 0 Å². The molecule has 3 nitrogen and oxygen atoms in total. The maximum Gasteiger partial charge on any atom is 0.0477 e. The Hall–Kier alpha value is -0.120. The molecule has 0 fully saturated rings. The van der Waals surface area contributed by atoms with Gasteiger partial charge in [0.15, 0.2) is 0 Å². The molecule has 1 atom stereocenters. The molecule has 0 heterocycles. The van der Waals surface area contributed by atoms with Gasteiger partial charge in [0.1, 0.15) is 0 Å². The minimum atomic E-state index is 0.628. The SMILES string of the molecule is CCCN(CCNC)C(C)CCOC.